The van der Waals surface area contributed by atoms with Gasteiger partial charge in [-0.25, -0.2) is 4.98 Å². The zero-order valence-electron chi connectivity index (χ0n) is 18.1. The average molecular weight is 419 g/mol. The van der Waals surface area contributed by atoms with Gasteiger partial charge in [-0.2, -0.15) is 0 Å². The van der Waals surface area contributed by atoms with E-state index in [1.807, 2.05) is 34.9 Å². The molecule has 0 radical (unpaired) electrons. The monoisotopic (exact) mass is 418 g/mol. The Morgan fingerprint density at radius 1 is 1.13 bits per heavy atom. The zero-order valence-corrected chi connectivity index (χ0v) is 18.1. The van der Waals surface area contributed by atoms with Gasteiger partial charge in [-0.15, -0.1) is 0 Å². The zero-order chi connectivity index (χ0) is 21.2. The van der Waals surface area contributed by atoms with Crippen LogP contribution in [0.2, 0.25) is 0 Å². The molecule has 6 heteroatoms. The van der Waals surface area contributed by atoms with E-state index in [1.54, 1.807) is 10.8 Å². The van der Waals surface area contributed by atoms with Gasteiger partial charge in [-0.3, -0.25) is 14.2 Å². The van der Waals surface area contributed by atoms with E-state index in [9.17, 15) is 9.59 Å². The van der Waals surface area contributed by atoms with E-state index in [0.717, 1.165) is 23.3 Å². The fourth-order valence-corrected chi connectivity index (χ4v) is 7.38. The summed E-state index contributed by atoms with van der Waals surface area (Å²) in [4.78, 5) is 30.4. The highest BCUT2D eigenvalue weighted by molar-refractivity contribution is 5.77. The summed E-state index contributed by atoms with van der Waals surface area (Å²) >= 11 is 0. The molecule has 0 spiro atoms. The predicted octanol–water partition coefficient (Wildman–Crippen LogP) is 3.76. The number of aryl methyl sites for hydroxylation is 1. The summed E-state index contributed by atoms with van der Waals surface area (Å²) in [7, 11) is 0. The summed E-state index contributed by atoms with van der Waals surface area (Å²) in [5, 5.41) is 3.33. The number of hydrogen-bond donors (Lipinski definition) is 1. The lowest BCUT2D eigenvalue weighted by Gasteiger charge is -2.59. The van der Waals surface area contributed by atoms with Gasteiger partial charge in [0.15, 0.2) is 5.65 Å². The van der Waals surface area contributed by atoms with E-state index in [2.05, 4.69) is 17.2 Å². The standard InChI is InChI=1S/C25H30N4O2/c1-16(25-13-17-10-18(14-25)12-19(11-17)15-25)27-22(30)6-9-29-23-20(4-2-7-26-23)28-8-3-5-21(28)24(29)31/h2-5,7-8,16-19H,6,9-15H2,1H3,(H,27,30)/t16-,17?,18?,19?,25?/m1/s1. The Kier molecular flexibility index (Phi) is 4.27. The first-order valence-electron chi connectivity index (χ1n) is 11.8. The van der Waals surface area contributed by atoms with Crippen molar-refractivity contribution in [2.24, 2.45) is 23.2 Å². The summed E-state index contributed by atoms with van der Waals surface area (Å²) in [6, 6.07) is 7.72. The molecule has 4 aliphatic rings. The molecule has 4 fully saturated rings. The molecule has 7 rings (SSSR count). The number of nitrogens with one attached hydrogen (secondary N) is 1. The van der Waals surface area contributed by atoms with E-state index in [4.69, 9.17) is 0 Å². The number of rotatable bonds is 5. The molecule has 3 aromatic heterocycles. The second-order valence-electron chi connectivity index (χ2n) is 10.4. The first-order valence-corrected chi connectivity index (χ1v) is 11.8. The largest absolute Gasteiger partial charge is 0.353 e. The minimum Gasteiger partial charge on any atom is -0.353 e. The summed E-state index contributed by atoms with van der Waals surface area (Å²) in [6.07, 6.45) is 11.9. The minimum absolute atomic E-state index is 0.0366. The third-order valence-corrected chi connectivity index (χ3v) is 8.44. The van der Waals surface area contributed by atoms with Crippen molar-refractivity contribution in [1.82, 2.24) is 19.3 Å². The molecule has 162 valence electrons. The number of fused-ring (bicyclic) bond motifs is 3. The van der Waals surface area contributed by atoms with Crippen molar-refractivity contribution in [3.8, 4) is 0 Å². The van der Waals surface area contributed by atoms with E-state index in [-0.39, 0.29) is 17.5 Å². The molecule has 0 aromatic carbocycles. The van der Waals surface area contributed by atoms with Crippen LogP contribution < -0.4 is 10.9 Å². The Bertz CT molecular complexity index is 1190. The maximum atomic E-state index is 13.0. The molecule has 4 saturated carbocycles. The maximum Gasteiger partial charge on any atom is 0.276 e. The quantitative estimate of drug-likeness (QED) is 0.686. The number of pyridine rings is 1. The number of aromatic nitrogens is 3. The van der Waals surface area contributed by atoms with E-state index < -0.39 is 0 Å². The lowest BCUT2D eigenvalue weighted by atomic mass is 9.48. The molecule has 3 heterocycles. The Morgan fingerprint density at radius 3 is 2.52 bits per heavy atom. The molecule has 6 nitrogen and oxygen atoms in total. The normalized spacial score (nSPS) is 30.2. The average Bonchev–Trinajstić information content (AvgIpc) is 3.23. The summed E-state index contributed by atoms with van der Waals surface area (Å²) in [6.45, 7) is 2.55. The van der Waals surface area contributed by atoms with Gasteiger partial charge >= 0.3 is 0 Å². The van der Waals surface area contributed by atoms with Crippen molar-refractivity contribution in [2.75, 3.05) is 0 Å². The molecule has 1 atom stereocenters. The summed E-state index contributed by atoms with van der Waals surface area (Å²) in [5.74, 6) is 2.65. The molecule has 4 bridgehead atoms. The van der Waals surface area contributed by atoms with Gasteiger partial charge in [-0.1, -0.05) is 0 Å². The van der Waals surface area contributed by atoms with Crippen LogP contribution in [0.15, 0.2) is 41.5 Å². The summed E-state index contributed by atoms with van der Waals surface area (Å²) in [5.41, 5.74) is 2.31. The van der Waals surface area contributed by atoms with E-state index >= 15 is 0 Å². The van der Waals surface area contributed by atoms with Gasteiger partial charge in [-0.05, 0) is 92.9 Å². The van der Waals surface area contributed by atoms with Crippen LogP contribution in [0.4, 0.5) is 0 Å². The Morgan fingerprint density at radius 2 is 1.81 bits per heavy atom. The van der Waals surface area contributed by atoms with Crippen molar-refractivity contribution in [1.29, 1.82) is 0 Å². The van der Waals surface area contributed by atoms with Gasteiger partial charge in [0, 0.05) is 31.4 Å². The number of amides is 1. The fraction of sp³-hybridized carbons (Fsp3) is 0.560. The van der Waals surface area contributed by atoms with Crippen LogP contribution in [-0.4, -0.2) is 25.9 Å². The fourth-order valence-electron chi connectivity index (χ4n) is 7.38. The Balaban J connectivity index is 1.20. The topological polar surface area (TPSA) is 68.4 Å². The molecular formula is C25H30N4O2. The third kappa shape index (κ3) is 3.02. The first kappa shape index (κ1) is 19.1. The molecule has 1 N–H and O–H groups in total. The van der Waals surface area contributed by atoms with Crippen LogP contribution >= 0.6 is 0 Å². The second kappa shape index (κ2) is 6.94. The molecule has 3 aromatic rings. The highest BCUT2D eigenvalue weighted by atomic mass is 16.2. The lowest BCUT2D eigenvalue weighted by molar-refractivity contribution is -0.126. The highest BCUT2D eigenvalue weighted by Crippen LogP contribution is 2.61. The van der Waals surface area contributed by atoms with Crippen LogP contribution in [0.1, 0.15) is 51.9 Å². The number of carbonyl (C=O) groups is 1. The number of hydrogen-bond acceptors (Lipinski definition) is 3. The third-order valence-electron chi connectivity index (χ3n) is 8.44. The van der Waals surface area contributed by atoms with Crippen molar-refractivity contribution in [3.63, 3.8) is 0 Å². The van der Waals surface area contributed by atoms with Crippen LogP contribution in [-0.2, 0) is 11.3 Å². The second-order valence-corrected chi connectivity index (χ2v) is 10.4. The van der Waals surface area contributed by atoms with E-state index in [1.165, 1.54) is 38.5 Å². The van der Waals surface area contributed by atoms with Crippen LogP contribution in [0, 0.1) is 23.2 Å². The van der Waals surface area contributed by atoms with Gasteiger partial charge in [0.2, 0.25) is 5.91 Å². The number of nitrogens with zero attached hydrogens (tertiary/aromatic N) is 3. The van der Waals surface area contributed by atoms with Crippen molar-refractivity contribution in [2.45, 2.75) is 64.5 Å². The molecule has 0 aliphatic heterocycles. The van der Waals surface area contributed by atoms with Crippen LogP contribution in [0.5, 0.6) is 0 Å². The molecule has 0 saturated heterocycles. The first-order chi connectivity index (χ1) is 15.0. The SMILES string of the molecule is C[C@@H](NC(=O)CCn1c(=O)c2cccn2c2cccnc21)C12CC3CC(CC(C3)C1)C2. The lowest BCUT2D eigenvalue weighted by Crippen LogP contribution is -2.55. The van der Waals surface area contributed by atoms with Crippen molar-refractivity contribution in [3.05, 3.63) is 47.0 Å². The van der Waals surface area contributed by atoms with Gasteiger partial charge in [0.1, 0.15) is 5.52 Å². The highest BCUT2D eigenvalue weighted by Gasteiger charge is 2.53. The van der Waals surface area contributed by atoms with Gasteiger partial charge in [0.05, 0.1) is 5.52 Å². The van der Waals surface area contributed by atoms with Gasteiger partial charge in [0.25, 0.3) is 5.56 Å². The molecule has 0 unspecified atom stereocenters. The molecule has 4 aliphatic carbocycles. The van der Waals surface area contributed by atoms with E-state index in [0.29, 0.717) is 29.5 Å². The Hall–Kier alpha value is -2.63. The minimum atomic E-state index is -0.0990. The van der Waals surface area contributed by atoms with Crippen LogP contribution in [0.25, 0.3) is 16.7 Å². The maximum absolute atomic E-state index is 13.0. The van der Waals surface area contributed by atoms with Crippen LogP contribution in [0.3, 0.4) is 0 Å². The summed E-state index contributed by atoms with van der Waals surface area (Å²) < 4.78 is 3.52. The smallest absolute Gasteiger partial charge is 0.276 e. The van der Waals surface area contributed by atoms with Crippen molar-refractivity contribution >= 4 is 22.6 Å². The van der Waals surface area contributed by atoms with Gasteiger partial charge < -0.3 is 9.72 Å². The van der Waals surface area contributed by atoms with Crippen molar-refractivity contribution < 1.29 is 4.79 Å². The Labute approximate surface area is 181 Å². The number of carbonyl (C=O) groups excluding carboxylic acids is 1. The predicted molar refractivity (Wildman–Crippen MR) is 120 cm³/mol. The molecular weight excluding hydrogens is 388 g/mol. The molecule has 1 amide bonds. The molecule has 31 heavy (non-hydrogen) atoms.